The van der Waals surface area contributed by atoms with Gasteiger partial charge in [-0.15, -0.1) is 0 Å². The molecule has 1 amide bonds. The van der Waals surface area contributed by atoms with Crippen LogP contribution in [0.5, 0.6) is 0 Å². The van der Waals surface area contributed by atoms with Crippen molar-refractivity contribution >= 4 is 5.91 Å². The molecule has 0 fully saturated rings. The maximum Gasteiger partial charge on any atom is 0.251 e. The quantitative estimate of drug-likeness (QED) is 0.769. The second-order valence-electron chi connectivity index (χ2n) is 4.70. The Bertz CT molecular complexity index is 701. The van der Waals surface area contributed by atoms with Gasteiger partial charge in [0.15, 0.2) is 0 Å². The Balaban J connectivity index is 1.70. The molecule has 3 rings (SSSR count). The van der Waals surface area contributed by atoms with Crippen LogP contribution in [0.3, 0.4) is 0 Å². The highest BCUT2D eigenvalue weighted by Crippen LogP contribution is 2.11. The third-order valence-corrected chi connectivity index (χ3v) is 3.22. The molecule has 0 saturated carbocycles. The average Bonchev–Trinajstić information content (AvgIpc) is 3.20. The molecule has 3 aromatic rings. The summed E-state index contributed by atoms with van der Waals surface area (Å²) >= 11 is 0. The molecule has 2 heterocycles. The van der Waals surface area contributed by atoms with Gasteiger partial charge in [0.1, 0.15) is 12.2 Å². The molecule has 1 aromatic carbocycles. The van der Waals surface area contributed by atoms with Crippen LogP contribution in [0.1, 0.15) is 29.1 Å². The van der Waals surface area contributed by atoms with E-state index in [2.05, 4.69) is 20.5 Å². The Hall–Kier alpha value is -2.89. The van der Waals surface area contributed by atoms with Gasteiger partial charge in [-0.2, -0.15) is 5.10 Å². The van der Waals surface area contributed by atoms with Crippen molar-refractivity contribution in [3.63, 3.8) is 0 Å². The van der Waals surface area contributed by atoms with E-state index >= 15 is 0 Å². The summed E-state index contributed by atoms with van der Waals surface area (Å²) in [5.41, 5.74) is 1.62. The number of aromatic amines is 1. The lowest BCUT2D eigenvalue weighted by atomic mass is 10.2. The number of rotatable bonds is 4. The Morgan fingerprint density at radius 1 is 1.24 bits per heavy atom. The Labute approximate surface area is 121 Å². The lowest BCUT2D eigenvalue weighted by molar-refractivity contribution is 0.0938. The molecule has 0 spiro atoms. The second-order valence-corrected chi connectivity index (χ2v) is 4.70. The van der Waals surface area contributed by atoms with E-state index in [1.807, 2.05) is 48.1 Å². The van der Waals surface area contributed by atoms with Crippen LogP contribution in [0.4, 0.5) is 0 Å². The normalized spacial score (nSPS) is 12.0. The molecular formula is C15H15N5O. The fraction of sp³-hybridized carbons (Fsp3) is 0.133. The number of carbonyl (C=O) groups is 1. The lowest BCUT2D eigenvalue weighted by Crippen LogP contribution is -2.27. The molecule has 6 heteroatoms. The largest absolute Gasteiger partial charge is 0.342 e. The van der Waals surface area contributed by atoms with Gasteiger partial charge in [-0.25, -0.2) is 4.98 Å². The first-order chi connectivity index (χ1) is 10.2. The van der Waals surface area contributed by atoms with Crippen LogP contribution in [0.25, 0.3) is 5.69 Å². The number of carbonyl (C=O) groups excluding carboxylic acids is 1. The summed E-state index contributed by atoms with van der Waals surface area (Å²) in [4.78, 5) is 16.2. The fourth-order valence-electron chi connectivity index (χ4n) is 2.06. The molecule has 0 aliphatic heterocycles. The van der Waals surface area contributed by atoms with Crippen LogP contribution in [0.15, 0.2) is 55.1 Å². The predicted molar refractivity (Wildman–Crippen MR) is 78.0 cm³/mol. The van der Waals surface area contributed by atoms with Crippen LogP contribution in [0, 0.1) is 0 Å². The summed E-state index contributed by atoms with van der Waals surface area (Å²) in [6.45, 7) is 1.85. The average molecular weight is 281 g/mol. The molecule has 0 radical (unpaired) electrons. The van der Waals surface area contributed by atoms with Crippen molar-refractivity contribution in [2.24, 2.45) is 0 Å². The summed E-state index contributed by atoms with van der Waals surface area (Å²) in [7, 11) is 0. The number of nitrogens with one attached hydrogen (secondary N) is 2. The number of hydrogen-bond acceptors (Lipinski definition) is 3. The van der Waals surface area contributed by atoms with Gasteiger partial charge >= 0.3 is 0 Å². The van der Waals surface area contributed by atoms with Crippen molar-refractivity contribution in [3.8, 4) is 5.69 Å². The minimum absolute atomic E-state index is 0.141. The third-order valence-electron chi connectivity index (χ3n) is 3.22. The highest BCUT2D eigenvalue weighted by atomic mass is 16.1. The van der Waals surface area contributed by atoms with Gasteiger partial charge in [-0.1, -0.05) is 0 Å². The molecule has 1 unspecified atom stereocenters. The Morgan fingerprint density at radius 2 is 1.95 bits per heavy atom. The molecule has 2 aromatic heterocycles. The van der Waals surface area contributed by atoms with E-state index in [0.29, 0.717) is 11.4 Å². The smallest absolute Gasteiger partial charge is 0.251 e. The van der Waals surface area contributed by atoms with Gasteiger partial charge in [0.05, 0.1) is 6.04 Å². The summed E-state index contributed by atoms with van der Waals surface area (Å²) < 4.78 is 1.98. The maximum atomic E-state index is 12.2. The SMILES string of the molecule is CC(NC(=O)c1ccc(-n2cccc2)cc1)c1ncn[nH]1. The zero-order valence-electron chi connectivity index (χ0n) is 11.5. The fourth-order valence-corrected chi connectivity index (χ4v) is 2.06. The first kappa shape index (κ1) is 13.1. The van der Waals surface area contributed by atoms with Gasteiger partial charge in [0.25, 0.3) is 5.91 Å². The topological polar surface area (TPSA) is 75.6 Å². The van der Waals surface area contributed by atoms with Crippen molar-refractivity contribution in [3.05, 3.63) is 66.5 Å². The zero-order chi connectivity index (χ0) is 14.7. The van der Waals surface area contributed by atoms with Crippen molar-refractivity contribution in [2.45, 2.75) is 13.0 Å². The number of nitrogens with zero attached hydrogens (tertiary/aromatic N) is 3. The Kier molecular flexibility index (Phi) is 3.51. The van der Waals surface area contributed by atoms with E-state index in [4.69, 9.17) is 0 Å². The molecule has 0 aliphatic rings. The van der Waals surface area contributed by atoms with Gasteiger partial charge in [-0.05, 0) is 43.3 Å². The number of aromatic nitrogens is 4. The van der Waals surface area contributed by atoms with Crippen LogP contribution < -0.4 is 5.32 Å². The molecule has 0 aliphatic carbocycles. The maximum absolute atomic E-state index is 12.2. The summed E-state index contributed by atoms with van der Waals surface area (Å²) in [6.07, 6.45) is 5.34. The van der Waals surface area contributed by atoms with Crippen LogP contribution in [-0.4, -0.2) is 25.7 Å². The summed E-state index contributed by atoms with van der Waals surface area (Å²) in [5.74, 6) is 0.491. The molecule has 0 bridgehead atoms. The predicted octanol–water partition coefficient (Wildman–Crippen LogP) is 2.09. The molecule has 2 N–H and O–H groups in total. The van der Waals surface area contributed by atoms with E-state index in [0.717, 1.165) is 5.69 Å². The van der Waals surface area contributed by atoms with E-state index in [-0.39, 0.29) is 11.9 Å². The van der Waals surface area contributed by atoms with E-state index in [1.165, 1.54) is 6.33 Å². The van der Waals surface area contributed by atoms with Crippen molar-refractivity contribution in [1.82, 2.24) is 25.1 Å². The standard InChI is InChI=1S/C15H15N5O/c1-11(14-16-10-17-19-14)18-15(21)12-4-6-13(7-5-12)20-8-2-3-9-20/h2-11H,1H3,(H,18,21)(H,16,17,19). The monoisotopic (exact) mass is 281 g/mol. The summed E-state index contributed by atoms with van der Waals surface area (Å²) in [6, 6.07) is 11.1. The Morgan fingerprint density at radius 3 is 2.57 bits per heavy atom. The molecular weight excluding hydrogens is 266 g/mol. The van der Waals surface area contributed by atoms with Crippen LogP contribution in [0.2, 0.25) is 0 Å². The summed E-state index contributed by atoms with van der Waals surface area (Å²) in [5, 5.41) is 9.39. The van der Waals surface area contributed by atoms with Gasteiger partial charge in [0, 0.05) is 23.6 Å². The van der Waals surface area contributed by atoms with Gasteiger partial charge in [-0.3, -0.25) is 9.89 Å². The van der Waals surface area contributed by atoms with Crippen molar-refractivity contribution < 1.29 is 4.79 Å². The lowest BCUT2D eigenvalue weighted by Gasteiger charge is -2.11. The van der Waals surface area contributed by atoms with Crippen LogP contribution in [-0.2, 0) is 0 Å². The molecule has 0 saturated heterocycles. The number of benzene rings is 1. The first-order valence-corrected chi connectivity index (χ1v) is 6.63. The molecule has 106 valence electrons. The van der Waals surface area contributed by atoms with Crippen LogP contribution >= 0.6 is 0 Å². The van der Waals surface area contributed by atoms with Crippen molar-refractivity contribution in [2.75, 3.05) is 0 Å². The number of amides is 1. The second kappa shape index (κ2) is 5.62. The number of hydrogen-bond donors (Lipinski definition) is 2. The zero-order valence-corrected chi connectivity index (χ0v) is 11.5. The number of H-pyrrole nitrogens is 1. The van der Waals surface area contributed by atoms with E-state index in [9.17, 15) is 4.79 Å². The van der Waals surface area contributed by atoms with E-state index < -0.39 is 0 Å². The molecule has 6 nitrogen and oxygen atoms in total. The third kappa shape index (κ3) is 2.84. The first-order valence-electron chi connectivity index (χ1n) is 6.63. The molecule has 1 atom stereocenters. The van der Waals surface area contributed by atoms with E-state index in [1.54, 1.807) is 12.1 Å². The minimum Gasteiger partial charge on any atom is -0.342 e. The minimum atomic E-state index is -0.218. The highest BCUT2D eigenvalue weighted by molar-refractivity contribution is 5.94. The molecule has 21 heavy (non-hydrogen) atoms. The van der Waals surface area contributed by atoms with Gasteiger partial charge in [0.2, 0.25) is 0 Å². The van der Waals surface area contributed by atoms with Crippen molar-refractivity contribution in [1.29, 1.82) is 0 Å². The highest BCUT2D eigenvalue weighted by Gasteiger charge is 2.13. The van der Waals surface area contributed by atoms with Gasteiger partial charge < -0.3 is 9.88 Å².